The van der Waals surface area contributed by atoms with E-state index in [1.54, 1.807) is 14.2 Å². The maximum atomic E-state index is 5.64. The fourth-order valence-corrected chi connectivity index (χ4v) is 2.92. The van der Waals surface area contributed by atoms with E-state index in [0.717, 1.165) is 50.0 Å². The van der Waals surface area contributed by atoms with Crippen LogP contribution in [0.2, 0.25) is 0 Å². The van der Waals surface area contributed by atoms with Gasteiger partial charge < -0.3 is 15.2 Å². The maximum Gasteiger partial charge on any atom is 0.123 e. The van der Waals surface area contributed by atoms with Crippen LogP contribution in [-0.4, -0.2) is 38.8 Å². The second kappa shape index (κ2) is 9.13. The molecule has 1 aromatic carbocycles. The summed E-state index contributed by atoms with van der Waals surface area (Å²) in [5.41, 5.74) is 6.84. The Labute approximate surface area is 134 Å². The molecular formula is C16H27ClN2O2. The Bertz CT molecular complexity index is 421. The smallest absolute Gasteiger partial charge is 0.123 e. The van der Waals surface area contributed by atoms with Gasteiger partial charge in [0.15, 0.2) is 0 Å². The molecule has 1 aliphatic rings. The highest BCUT2D eigenvalue weighted by atomic mass is 35.5. The van der Waals surface area contributed by atoms with Crippen molar-refractivity contribution in [2.45, 2.75) is 25.8 Å². The summed E-state index contributed by atoms with van der Waals surface area (Å²) in [6.07, 6.45) is 3.67. The maximum absolute atomic E-state index is 5.64. The van der Waals surface area contributed by atoms with Crippen molar-refractivity contribution in [2.24, 2.45) is 11.7 Å². The summed E-state index contributed by atoms with van der Waals surface area (Å²) in [5, 5.41) is 0. The predicted molar refractivity (Wildman–Crippen MR) is 88.5 cm³/mol. The van der Waals surface area contributed by atoms with Crippen LogP contribution in [0.4, 0.5) is 0 Å². The minimum absolute atomic E-state index is 0. The van der Waals surface area contributed by atoms with E-state index in [4.69, 9.17) is 15.2 Å². The molecule has 4 nitrogen and oxygen atoms in total. The summed E-state index contributed by atoms with van der Waals surface area (Å²) < 4.78 is 10.8. The van der Waals surface area contributed by atoms with Crippen LogP contribution in [0.1, 0.15) is 24.8 Å². The highest BCUT2D eigenvalue weighted by Gasteiger charge is 2.19. The van der Waals surface area contributed by atoms with E-state index in [-0.39, 0.29) is 12.4 Å². The first kappa shape index (κ1) is 18.1. The van der Waals surface area contributed by atoms with Gasteiger partial charge >= 0.3 is 0 Å². The largest absolute Gasteiger partial charge is 0.497 e. The average molecular weight is 315 g/mol. The van der Waals surface area contributed by atoms with Gasteiger partial charge in [-0.25, -0.2) is 0 Å². The van der Waals surface area contributed by atoms with Gasteiger partial charge in [-0.2, -0.15) is 0 Å². The number of rotatable bonds is 6. The van der Waals surface area contributed by atoms with Crippen LogP contribution < -0.4 is 15.2 Å². The first-order chi connectivity index (χ1) is 9.76. The van der Waals surface area contributed by atoms with Gasteiger partial charge in [0.05, 0.1) is 14.2 Å². The fraction of sp³-hybridized carbons (Fsp3) is 0.625. The van der Waals surface area contributed by atoms with Crippen molar-refractivity contribution in [1.29, 1.82) is 0 Å². The minimum atomic E-state index is 0. The number of hydrogen-bond acceptors (Lipinski definition) is 4. The molecule has 0 spiro atoms. The lowest BCUT2D eigenvalue weighted by atomic mass is 9.93. The molecule has 0 unspecified atom stereocenters. The van der Waals surface area contributed by atoms with Gasteiger partial charge in [0.1, 0.15) is 11.5 Å². The van der Waals surface area contributed by atoms with Gasteiger partial charge in [0.2, 0.25) is 0 Å². The van der Waals surface area contributed by atoms with Crippen LogP contribution >= 0.6 is 12.4 Å². The average Bonchev–Trinajstić information content (AvgIpc) is 2.49. The minimum Gasteiger partial charge on any atom is -0.497 e. The van der Waals surface area contributed by atoms with E-state index in [1.165, 1.54) is 18.4 Å². The molecule has 2 rings (SSSR count). The standard InChI is InChI=1S/C16H26N2O2.ClH/c1-19-15-3-4-16(20-2)14(11-15)12-18-9-6-13(5-8-17)7-10-18;/h3-4,11,13H,5-10,12,17H2,1-2H3;1H. The number of piperidine rings is 1. The number of nitrogens with two attached hydrogens (primary N) is 1. The Kier molecular flexibility index (Phi) is 7.86. The van der Waals surface area contributed by atoms with E-state index in [2.05, 4.69) is 11.0 Å². The highest BCUT2D eigenvalue weighted by Crippen LogP contribution is 2.27. The zero-order chi connectivity index (χ0) is 14.4. The Hall–Kier alpha value is -0.970. The zero-order valence-corrected chi connectivity index (χ0v) is 13.8. The normalized spacial score (nSPS) is 16.3. The Morgan fingerprint density at radius 3 is 2.48 bits per heavy atom. The third kappa shape index (κ3) is 5.06. The van der Waals surface area contributed by atoms with Gasteiger partial charge in [0.25, 0.3) is 0 Å². The van der Waals surface area contributed by atoms with Gasteiger partial charge in [-0.05, 0) is 63.0 Å². The second-order valence-electron chi connectivity index (χ2n) is 5.47. The Balaban J connectivity index is 0.00000220. The van der Waals surface area contributed by atoms with Crippen molar-refractivity contribution in [3.05, 3.63) is 23.8 Å². The molecule has 0 aliphatic carbocycles. The first-order valence-electron chi connectivity index (χ1n) is 7.40. The summed E-state index contributed by atoms with van der Waals surface area (Å²) in [5.74, 6) is 2.64. The van der Waals surface area contributed by atoms with Gasteiger partial charge in [-0.15, -0.1) is 12.4 Å². The first-order valence-corrected chi connectivity index (χ1v) is 7.40. The molecule has 1 fully saturated rings. The molecule has 120 valence electrons. The lowest BCUT2D eigenvalue weighted by Crippen LogP contribution is -2.33. The van der Waals surface area contributed by atoms with Crippen molar-refractivity contribution in [3.8, 4) is 11.5 Å². The van der Waals surface area contributed by atoms with E-state index in [1.807, 2.05) is 12.1 Å². The Morgan fingerprint density at radius 1 is 1.19 bits per heavy atom. The SMILES string of the molecule is COc1ccc(OC)c(CN2CCC(CCN)CC2)c1.Cl. The molecule has 1 aliphatic heterocycles. The molecule has 5 heteroatoms. The molecule has 1 saturated heterocycles. The molecule has 0 amide bonds. The molecule has 21 heavy (non-hydrogen) atoms. The number of halogens is 1. The lowest BCUT2D eigenvalue weighted by molar-refractivity contribution is 0.172. The van der Waals surface area contributed by atoms with Crippen molar-refractivity contribution < 1.29 is 9.47 Å². The molecule has 0 bridgehead atoms. The summed E-state index contributed by atoms with van der Waals surface area (Å²) in [7, 11) is 3.42. The van der Waals surface area contributed by atoms with Gasteiger partial charge in [0, 0.05) is 12.1 Å². The van der Waals surface area contributed by atoms with Crippen molar-refractivity contribution in [3.63, 3.8) is 0 Å². The van der Waals surface area contributed by atoms with Crippen LogP contribution in [0.3, 0.4) is 0 Å². The van der Waals surface area contributed by atoms with Crippen LogP contribution in [-0.2, 0) is 6.54 Å². The quantitative estimate of drug-likeness (QED) is 0.877. The molecule has 1 heterocycles. The number of nitrogens with zero attached hydrogens (tertiary/aromatic N) is 1. The topological polar surface area (TPSA) is 47.7 Å². The number of likely N-dealkylation sites (tertiary alicyclic amines) is 1. The number of hydrogen-bond donors (Lipinski definition) is 1. The Morgan fingerprint density at radius 2 is 1.90 bits per heavy atom. The molecule has 0 aromatic heterocycles. The zero-order valence-electron chi connectivity index (χ0n) is 13.0. The molecule has 2 N–H and O–H groups in total. The molecule has 0 radical (unpaired) electrons. The van der Waals surface area contributed by atoms with E-state index in [0.29, 0.717) is 0 Å². The summed E-state index contributed by atoms with van der Waals surface area (Å²) >= 11 is 0. The summed E-state index contributed by atoms with van der Waals surface area (Å²) in [6.45, 7) is 4.03. The lowest BCUT2D eigenvalue weighted by Gasteiger charge is -2.32. The van der Waals surface area contributed by atoms with Gasteiger partial charge in [-0.3, -0.25) is 4.90 Å². The molecule has 0 saturated carbocycles. The summed E-state index contributed by atoms with van der Waals surface area (Å²) in [4.78, 5) is 2.49. The van der Waals surface area contributed by atoms with E-state index >= 15 is 0 Å². The third-order valence-corrected chi connectivity index (χ3v) is 4.16. The summed E-state index contributed by atoms with van der Waals surface area (Å²) in [6, 6.07) is 6.00. The van der Waals surface area contributed by atoms with E-state index < -0.39 is 0 Å². The monoisotopic (exact) mass is 314 g/mol. The number of ether oxygens (including phenoxy) is 2. The van der Waals surface area contributed by atoms with Crippen molar-refractivity contribution in [1.82, 2.24) is 4.90 Å². The fourth-order valence-electron chi connectivity index (χ4n) is 2.92. The van der Waals surface area contributed by atoms with Crippen LogP contribution in [0.5, 0.6) is 11.5 Å². The molecule has 0 atom stereocenters. The van der Waals surface area contributed by atoms with Crippen LogP contribution in [0.15, 0.2) is 18.2 Å². The van der Waals surface area contributed by atoms with Crippen molar-refractivity contribution >= 4 is 12.4 Å². The molecule has 1 aromatic rings. The van der Waals surface area contributed by atoms with Crippen LogP contribution in [0.25, 0.3) is 0 Å². The predicted octanol–water partition coefficient (Wildman–Crippen LogP) is 2.69. The molecular weight excluding hydrogens is 288 g/mol. The number of benzene rings is 1. The van der Waals surface area contributed by atoms with Crippen molar-refractivity contribution in [2.75, 3.05) is 33.9 Å². The van der Waals surface area contributed by atoms with Crippen LogP contribution in [0, 0.1) is 5.92 Å². The van der Waals surface area contributed by atoms with Gasteiger partial charge in [-0.1, -0.05) is 0 Å². The third-order valence-electron chi connectivity index (χ3n) is 4.16. The highest BCUT2D eigenvalue weighted by molar-refractivity contribution is 5.85. The second-order valence-corrected chi connectivity index (χ2v) is 5.47. The number of methoxy groups -OCH3 is 2. The van der Waals surface area contributed by atoms with E-state index in [9.17, 15) is 0 Å².